The lowest BCUT2D eigenvalue weighted by atomic mass is 10.1. The molecule has 3 rings (SSSR count). The number of benzene rings is 1. The van der Waals surface area contributed by atoms with E-state index >= 15 is 0 Å². The number of aryl methyl sites for hydroxylation is 1. The number of methoxy groups -OCH3 is 1. The smallest absolute Gasteiger partial charge is 0.241 e. The van der Waals surface area contributed by atoms with Gasteiger partial charge in [0, 0.05) is 38.4 Å². The fourth-order valence-corrected chi connectivity index (χ4v) is 3.57. The highest BCUT2D eigenvalue weighted by atomic mass is 16.5. The van der Waals surface area contributed by atoms with E-state index in [1.807, 2.05) is 32.0 Å². The Labute approximate surface area is 177 Å². The summed E-state index contributed by atoms with van der Waals surface area (Å²) in [4.78, 5) is 27.8. The van der Waals surface area contributed by atoms with Crippen molar-refractivity contribution >= 4 is 17.4 Å². The first kappa shape index (κ1) is 21.5. The second-order valence-electron chi connectivity index (χ2n) is 7.36. The van der Waals surface area contributed by atoms with Gasteiger partial charge in [-0.3, -0.25) is 14.7 Å². The van der Waals surface area contributed by atoms with Crippen LogP contribution in [0.5, 0.6) is 5.88 Å². The van der Waals surface area contributed by atoms with Crippen molar-refractivity contribution in [2.75, 3.05) is 56.2 Å². The summed E-state index contributed by atoms with van der Waals surface area (Å²) >= 11 is 0. The number of carbonyl (C=O) groups is 1. The number of hydrogen-bond donors (Lipinski definition) is 0. The van der Waals surface area contributed by atoms with E-state index in [2.05, 4.69) is 25.8 Å². The molecule has 0 aliphatic carbocycles. The Morgan fingerprint density at radius 3 is 2.70 bits per heavy atom. The van der Waals surface area contributed by atoms with E-state index in [0.717, 1.165) is 48.8 Å². The predicted octanol–water partition coefficient (Wildman–Crippen LogP) is 2.17. The van der Waals surface area contributed by atoms with E-state index in [0.29, 0.717) is 25.4 Å². The van der Waals surface area contributed by atoms with Crippen molar-refractivity contribution in [1.82, 2.24) is 14.9 Å². The van der Waals surface area contributed by atoms with Gasteiger partial charge in [-0.25, -0.2) is 0 Å². The third kappa shape index (κ3) is 5.05. The van der Waals surface area contributed by atoms with Gasteiger partial charge in [0.1, 0.15) is 0 Å². The van der Waals surface area contributed by atoms with Gasteiger partial charge in [0.2, 0.25) is 11.8 Å². The van der Waals surface area contributed by atoms with Crippen LogP contribution >= 0.6 is 0 Å². The van der Waals surface area contributed by atoms with Gasteiger partial charge in [-0.15, -0.1) is 0 Å². The Bertz CT molecular complexity index is 918. The summed E-state index contributed by atoms with van der Waals surface area (Å²) in [5.74, 6) is 1.30. The van der Waals surface area contributed by atoms with Crippen LogP contribution in [0.2, 0.25) is 0 Å². The summed E-state index contributed by atoms with van der Waals surface area (Å²) in [6.45, 7) is 7.81. The maximum Gasteiger partial charge on any atom is 0.241 e. The van der Waals surface area contributed by atoms with E-state index in [1.54, 1.807) is 24.4 Å². The second-order valence-corrected chi connectivity index (χ2v) is 7.36. The standard InChI is InChI=1S/C22H28N6O2/c1-17-6-4-7-19(18(17)2)28(9-5-8-23)22(29)16-26-10-12-27(13-11-26)20-14-24-15-21(25-20)30-3/h4,6-7,14-15H,5,9-13,16H2,1-3H3. The van der Waals surface area contributed by atoms with Crippen molar-refractivity contribution in [3.8, 4) is 11.9 Å². The number of rotatable bonds is 7. The Morgan fingerprint density at radius 1 is 1.23 bits per heavy atom. The average molecular weight is 409 g/mol. The Hall–Kier alpha value is -3.18. The molecule has 8 heteroatoms. The van der Waals surface area contributed by atoms with Crippen molar-refractivity contribution in [3.05, 3.63) is 41.7 Å². The van der Waals surface area contributed by atoms with Crippen LogP contribution in [0.1, 0.15) is 17.5 Å². The van der Waals surface area contributed by atoms with Crippen LogP contribution in [0.3, 0.4) is 0 Å². The number of carbonyl (C=O) groups excluding carboxylic acids is 1. The van der Waals surface area contributed by atoms with Gasteiger partial charge in [0.15, 0.2) is 5.82 Å². The van der Waals surface area contributed by atoms with Crippen LogP contribution in [-0.4, -0.2) is 67.2 Å². The van der Waals surface area contributed by atoms with Crippen molar-refractivity contribution in [2.24, 2.45) is 0 Å². The number of ether oxygens (including phenoxy) is 1. The lowest BCUT2D eigenvalue weighted by Crippen LogP contribution is -2.50. The number of piperazine rings is 1. The number of hydrogen-bond acceptors (Lipinski definition) is 7. The van der Waals surface area contributed by atoms with Crippen molar-refractivity contribution in [1.29, 1.82) is 5.26 Å². The third-order valence-corrected chi connectivity index (χ3v) is 5.48. The van der Waals surface area contributed by atoms with Crippen LogP contribution in [0, 0.1) is 25.2 Å². The summed E-state index contributed by atoms with van der Waals surface area (Å²) in [5, 5.41) is 9.04. The second kappa shape index (κ2) is 10.0. The highest BCUT2D eigenvalue weighted by molar-refractivity contribution is 5.95. The maximum atomic E-state index is 13.1. The number of nitriles is 1. The monoisotopic (exact) mass is 408 g/mol. The van der Waals surface area contributed by atoms with Crippen molar-refractivity contribution in [3.63, 3.8) is 0 Å². The van der Waals surface area contributed by atoms with Gasteiger partial charge in [-0.2, -0.15) is 10.2 Å². The Kier molecular flexibility index (Phi) is 7.20. The number of anilines is 2. The normalized spacial score (nSPS) is 14.3. The minimum Gasteiger partial charge on any atom is -0.480 e. The molecule has 0 unspecified atom stereocenters. The molecule has 0 radical (unpaired) electrons. The van der Waals surface area contributed by atoms with Gasteiger partial charge in [0.05, 0.1) is 38.5 Å². The molecule has 0 bridgehead atoms. The van der Waals surface area contributed by atoms with Gasteiger partial charge in [-0.05, 0) is 31.0 Å². The first-order valence-electron chi connectivity index (χ1n) is 10.1. The summed E-state index contributed by atoms with van der Waals surface area (Å²) < 4.78 is 5.15. The van der Waals surface area contributed by atoms with E-state index in [-0.39, 0.29) is 5.91 Å². The largest absolute Gasteiger partial charge is 0.480 e. The van der Waals surface area contributed by atoms with E-state index in [1.165, 1.54) is 0 Å². The molecule has 1 amide bonds. The molecule has 158 valence electrons. The summed E-state index contributed by atoms with van der Waals surface area (Å²) in [7, 11) is 1.57. The fraction of sp³-hybridized carbons (Fsp3) is 0.455. The first-order chi connectivity index (χ1) is 14.5. The van der Waals surface area contributed by atoms with Gasteiger partial charge in [-0.1, -0.05) is 12.1 Å². The fourth-order valence-electron chi connectivity index (χ4n) is 3.57. The maximum absolute atomic E-state index is 13.1. The molecule has 1 aliphatic heterocycles. The minimum absolute atomic E-state index is 0.0218. The minimum atomic E-state index is 0.0218. The van der Waals surface area contributed by atoms with Crippen LogP contribution in [0.15, 0.2) is 30.6 Å². The molecule has 30 heavy (non-hydrogen) atoms. The molecule has 2 aromatic rings. The number of amides is 1. The average Bonchev–Trinajstić information content (AvgIpc) is 2.77. The van der Waals surface area contributed by atoms with Crippen molar-refractivity contribution in [2.45, 2.75) is 20.3 Å². The Morgan fingerprint density at radius 2 is 2.00 bits per heavy atom. The third-order valence-electron chi connectivity index (χ3n) is 5.48. The first-order valence-corrected chi connectivity index (χ1v) is 10.1. The van der Waals surface area contributed by atoms with Crippen LogP contribution < -0.4 is 14.5 Å². The summed E-state index contributed by atoms with van der Waals surface area (Å²) in [5.41, 5.74) is 3.10. The summed E-state index contributed by atoms with van der Waals surface area (Å²) in [6.07, 6.45) is 3.62. The highest BCUT2D eigenvalue weighted by Gasteiger charge is 2.24. The molecule has 0 saturated carbocycles. The Balaban J connectivity index is 1.64. The quantitative estimate of drug-likeness (QED) is 0.694. The molecule has 1 aromatic heterocycles. The molecule has 1 aliphatic rings. The van der Waals surface area contributed by atoms with Crippen LogP contribution in [0.25, 0.3) is 0 Å². The lowest BCUT2D eigenvalue weighted by Gasteiger charge is -2.36. The highest BCUT2D eigenvalue weighted by Crippen LogP contribution is 2.24. The molecule has 1 fully saturated rings. The molecule has 1 aromatic carbocycles. The van der Waals surface area contributed by atoms with Gasteiger partial charge < -0.3 is 14.5 Å². The zero-order valence-electron chi connectivity index (χ0n) is 17.8. The molecule has 0 atom stereocenters. The van der Waals surface area contributed by atoms with Crippen molar-refractivity contribution < 1.29 is 9.53 Å². The van der Waals surface area contributed by atoms with E-state index in [4.69, 9.17) is 10.00 Å². The molecular weight excluding hydrogens is 380 g/mol. The molecule has 0 spiro atoms. The van der Waals surface area contributed by atoms with E-state index in [9.17, 15) is 4.79 Å². The van der Waals surface area contributed by atoms with Crippen LogP contribution in [-0.2, 0) is 4.79 Å². The summed E-state index contributed by atoms with van der Waals surface area (Å²) in [6, 6.07) is 8.10. The zero-order chi connectivity index (χ0) is 21.5. The zero-order valence-corrected chi connectivity index (χ0v) is 17.8. The molecule has 1 saturated heterocycles. The van der Waals surface area contributed by atoms with Crippen LogP contribution in [0.4, 0.5) is 11.5 Å². The lowest BCUT2D eigenvalue weighted by molar-refractivity contribution is -0.119. The van der Waals surface area contributed by atoms with Gasteiger partial charge >= 0.3 is 0 Å². The molecular formula is C22H28N6O2. The topological polar surface area (TPSA) is 85.6 Å². The van der Waals surface area contributed by atoms with Gasteiger partial charge in [0.25, 0.3) is 0 Å². The molecule has 0 N–H and O–H groups in total. The SMILES string of the molecule is COc1cncc(N2CCN(CC(=O)N(CCC#N)c3cccc(C)c3C)CC2)n1. The molecule has 8 nitrogen and oxygen atoms in total. The molecule has 2 heterocycles. The predicted molar refractivity (Wildman–Crippen MR) is 116 cm³/mol. The number of aromatic nitrogens is 2. The van der Waals surface area contributed by atoms with E-state index < -0.39 is 0 Å². The number of nitrogens with zero attached hydrogens (tertiary/aromatic N) is 6.